The maximum atomic E-state index is 14.2. The van der Waals surface area contributed by atoms with E-state index in [1.165, 1.54) is 48.9 Å². The first-order chi connectivity index (χ1) is 32.1. The number of hydrogen-bond donors (Lipinski definition) is 5. The van der Waals surface area contributed by atoms with Crippen molar-refractivity contribution in [3.8, 4) is 17.2 Å². The van der Waals surface area contributed by atoms with Crippen LogP contribution >= 0.6 is 0 Å². The Morgan fingerprint density at radius 3 is 2.52 bits per heavy atom. The molecular formula is C50H60N8O8S. The lowest BCUT2D eigenvalue weighted by molar-refractivity contribution is -0.384. The fourth-order valence-electron chi connectivity index (χ4n) is 11.6. The average Bonchev–Trinajstić information content (AvgIpc) is 3.97. The van der Waals surface area contributed by atoms with Gasteiger partial charge in [0.05, 0.1) is 27.0 Å². The number of ether oxygens (including phenoxy) is 2. The number of carbonyl (C=O) groups is 1. The molecule has 2 saturated heterocycles. The van der Waals surface area contributed by atoms with Gasteiger partial charge in [-0.1, -0.05) is 38.1 Å². The summed E-state index contributed by atoms with van der Waals surface area (Å²) in [5.41, 5.74) is 9.67. The molecule has 0 bridgehead atoms. The van der Waals surface area contributed by atoms with Gasteiger partial charge in [0, 0.05) is 60.6 Å². The quantitative estimate of drug-likeness (QED) is 0.0619. The van der Waals surface area contributed by atoms with Crippen LogP contribution < -0.4 is 30.1 Å². The van der Waals surface area contributed by atoms with E-state index in [2.05, 4.69) is 67.9 Å². The molecule has 5 aromatic rings. The van der Waals surface area contributed by atoms with Gasteiger partial charge in [-0.15, -0.1) is 0 Å². The molecule has 0 unspecified atom stereocenters. The Balaban J connectivity index is 0.866. The summed E-state index contributed by atoms with van der Waals surface area (Å²) in [7, 11) is -4.69. The third-order valence-corrected chi connectivity index (χ3v) is 16.7. The number of nitro benzene ring substituents is 1. The maximum absolute atomic E-state index is 14.2. The van der Waals surface area contributed by atoms with Crippen LogP contribution in [-0.2, 0) is 10.0 Å². The molecule has 5 aliphatic rings. The number of fused-ring (bicyclic) bond motifs is 2. The minimum atomic E-state index is -4.69. The number of H-pyrrole nitrogens is 1. The largest absolute Gasteiger partial charge is 0.489 e. The fraction of sp³-hybridized carbons (Fsp3) is 0.480. The lowest BCUT2D eigenvalue weighted by atomic mass is 9.59. The first-order valence-corrected chi connectivity index (χ1v) is 25.2. The minimum Gasteiger partial charge on any atom is -0.489 e. The zero-order chi connectivity index (χ0) is 46.8. The number of rotatable bonds is 11. The Morgan fingerprint density at radius 1 is 1.01 bits per heavy atom. The number of piperidine rings is 1. The molecule has 2 aliphatic carbocycles. The van der Waals surface area contributed by atoms with E-state index < -0.39 is 37.0 Å². The highest BCUT2D eigenvalue weighted by molar-refractivity contribution is 7.90. The van der Waals surface area contributed by atoms with Crippen LogP contribution in [0.25, 0.3) is 11.0 Å². The van der Waals surface area contributed by atoms with Crippen LogP contribution in [0.5, 0.6) is 17.2 Å². The molecule has 354 valence electrons. The third kappa shape index (κ3) is 8.77. The smallest absolute Gasteiger partial charge is 0.297 e. The van der Waals surface area contributed by atoms with Crippen molar-refractivity contribution in [1.82, 2.24) is 19.6 Å². The molecule has 3 aromatic carbocycles. The van der Waals surface area contributed by atoms with Gasteiger partial charge in [-0.2, -0.15) is 0 Å². The van der Waals surface area contributed by atoms with Gasteiger partial charge in [0.25, 0.3) is 21.6 Å². The molecule has 3 aliphatic heterocycles. The number of benzene rings is 3. The van der Waals surface area contributed by atoms with E-state index in [0.29, 0.717) is 49.3 Å². The third-order valence-electron chi connectivity index (χ3n) is 15.4. The summed E-state index contributed by atoms with van der Waals surface area (Å²) in [4.78, 5) is 37.9. The van der Waals surface area contributed by atoms with Crippen LogP contribution in [0, 0.1) is 21.4 Å². The summed E-state index contributed by atoms with van der Waals surface area (Å²) in [6, 6.07) is 20.4. The number of hydrogen-bond acceptors (Lipinski definition) is 13. The molecule has 17 heteroatoms. The molecule has 0 radical (unpaired) electrons. The Bertz CT molecular complexity index is 2820. The van der Waals surface area contributed by atoms with Crippen molar-refractivity contribution in [2.45, 2.75) is 120 Å². The number of pyridine rings is 1. The summed E-state index contributed by atoms with van der Waals surface area (Å²) < 4.78 is 42.5. The number of nitrogens with zero attached hydrogens (tertiary/aromatic N) is 4. The molecule has 2 atom stereocenters. The van der Waals surface area contributed by atoms with Gasteiger partial charge >= 0.3 is 0 Å². The standard InChI is InChI=1S/C50H60N8O8S/c1-30(2)36-7-4-5-8-37(36)40-9-6-20-57(40)34-27-50(28-34)17-21-56(22-18-50)33-10-11-38(42(24-33)66-44-23-32-14-19-52-47(32)54-46(44)51)48(59)55-67(63,64)35-25-41(58(61)62)45-43(26-35)65-29-39(53-45)31-12-15-49(3,60)16-13-31/h4-5,7-8,10-11,14,19,23-26,30-31,34,39-40,53,60H,6,9,12-13,15-18,20-22,27-29H2,1-3H3,(H,55,59)(H3,51,52,54)/t31-,39-,40-,49-/m1/s1. The van der Waals surface area contributed by atoms with Gasteiger partial charge in [-0.3, -0.25) is 19.8 Å². The predicted molar refractivity (Wildman–Crippen MR) is 256 cm³/mol. The molecule has 5 heterocycles. The molecule has 6 N–H and O–H groups in total. The van der Waals surface area contributed by atoms with E-state index in [4.69, 9.17) is 15.2 Å². The molecule has 4 fully saturated rings. The van der Waals surface area contributed by atoms with Crippen molar-refractivity contribution >= 4 is 49.8 Å². The Kier molecular flexibility index (Phi) is 11.6. The normalized spacial score (nSPS) is 24.2. The van der Waals surface area contributed by atoms with Gasteiger partial charge in [0.1, 0.15) is 18.0 Å². The molecule has 1 spiro atoms. The lowest BCUT2D eigenvalue weighted by Gasteiger charge is -2.56. The van der Waals surface area contributed by atoms with E-state index >= 15 is 0 Å². The highest BCUT2D eigenvalue weighted by atomic mass is 32.2. The highest BCUT2D eigenvalue weighted by Crippen LogP contribution is 2.54. The molecule has 10 rings (SSSR count). The van der Waals surface area contributed by atoms with E-state index in [0.717, 1.165) is 49.6 Å². The summed E-state index contributed by atoms with van der Waals surface area (Å²) >= 11 is 0. The number of amides is 1. The number of anilines is 3. The molecule has 1 amide bonds. The maximum Gasteiger partial charge on any atom is 0.297 e. The first-order valence-electron chi connectivity index (χ1n) is 23.7. The number of carbonyl (C=O) groups excluding carboxylic acids is 1. The van der Waals surface area contributed by atoms with Gasteiger partial charge in [0.2, 0.25) is 0 Å². The number of aliphatic hydroxyl groups is 1. The summed E-state index contributed by atoms with van der Waals surface area (Å²) in [6.07, 6.45) is 11.2. The van der Waals surface area contributed by atoms with E-state index in [-0.39, 0.29) is 58.3 Å². The van der Waals surface area contributed by atoms with Crippen molar-refractivity contribution in [2.75, 3.05) is 42.2 Å². The lowest BCUT2D eigenvalue weighted by Crippen LogP contribution is -2.54. The number of nitrogen functional groups attached to an aromatic ring is 1. The van der Waals surface area contributed by atoms with Crippen LogP contribution in [0.4, 0.5) is 22.9 Å². The molecule has 16 nitrogen and oxygen atoms in total. The molecular weight excluding hydrogens is 873 g/mol. The van der Waals surface area contributed by atoms with Crippen LogP contribution in [0.2, 0.25) is 0 Å². The average molecular weight is 933 g/mol. The van der Waals surface area contributed by atoms with Gasteiger partial charge in [-0.25, -0.2) is 18.1 Å². The van der Waals surface area contributed by atoms with E-state index in [1.807, 2.05) is 6.07 Å². The van der Waals surface area contributed by atoms with Crippen molar-refractivity contribution in [1.29, 1.82) is 0 Å². The number of nitrogens with two attached hydrogens (primary N) is 1. The predicted octanol–water partition coefficient (Wildman–Crippen LogP) is 8.79. The number of nitro groups is 1. The Morgan fingerprint density at radius 2 is 1.78 bits per heavy atom. The van der Waals surface area contributed by atoms with Crippen LogP contribution in [0.3, 0.4) is 0 Å². The molecule has 2 saturated carbocycles. The minimum absolute atomic E-state index is 0.00837. The van der Waals surface area contributed by atoms with Gasteiger partial charge in [0.15, 0.2) is 23.0 Å². The van der Waals surface area contributed by atoms with Crippen molar-refractivity contribution in [2.24, 2.45) is 11.3 Å². The van der Waals surface area contributed by atoms with Gasteiger partial charge < -0.3 is 35.5 Å². The van der Waals surface area contributed by atoms with Crippen molar-refractivity contribution < 1.29 is 32.7 Å². The Hall–Kier alpha value is -5.91. The molecule has 2 aromatic heterocycles. The fourth-order valence-corrected chi connectivity index (χ4v) is 12.6. The number of nitrogens with one attached hydrogen (secondary N) is 3. The second-order valence-electron chi connectivity index (χ2n) is 20.2. The number of aromatic nitrogens is 2. The summed E-state index contributed by atoms with van der Waals surface area (Å²) in [5.74, 6) is -0.107. The van der Waals surface area contributed by atoms with Crippen LogP contribution in [0.15, 0.2) is 77.8 Å². The second kappa shape index (κ2) is 17.3. The Labute approximate surface area is 390 Å². The van der Waals surface area contributed by atoms with Crippen LogP contribution in [0.1, 0.15) is 118 Å². The van der Waals surface area contributed by atoms with E-state index in [1.54, 1.807) is 31.3 Å². The number of likely N-dealkylation sites (tertiary alicyclic amines) is 1. The number of sulfonamides is 1. The summed E-state index contributed by atoms with van der Waals surface area (Å²) in [6.45, 7) is 9.27. The monoisotopic (exact) mass is 932 g/mol. The zero-order valence-electron chi connectivity index (χ0n) is 38.3. The highest BCUT2D eigenvalue weighted by Gasteiger charge is 2.50. The van der Waals surface area contributed by atoms with Crippen molar-refractivity contribution in [3.63, 3.8) is 0 Å². The molecule has 67 heavy (non-hydrogen) atoms. The first kappa shape index (κ1) is 44.9. The van der Waals surface area contributed by atoms with Crippen LogP contribution in [-0.4, -0.2) is 83.1 Å². The number of aromatic amines is 1. The van der Waals surface area contributed by atoms with Gasteiger partial charge in [-0.05, 0) is 130 Å². The van der Waals surface area contributed by atoms with Crippen molar-refractivity contribution in [3.05, 3.63) is 99.7 Å². The zero-order valence-corrected chi connectivity index (χ0v) is 39.1. The summed E-state index contributed by atoms with van der Waals surface area (Å²) in [5, 5.41) is 26.8. The topological polar surface area (TPSA) is 218 Å². The SMILES string of the molecule is CC(C)c1ccccc1[C@H]1CCCN1C1CC2(CCN(c3ccc(C(=O)NS(=O)(=O)c4cc5c(c([N+](=O)[O-])c4)N[C@@H]([C@H]4CC[C@](C)(O)CC4)CO5)c(Oc4cc5cc[nH]c5nc4N)c3)CC2)C1. The second-order valence-corrected chi connectivity index (χ2v) is 21.9. The van der Waals surface area contributed by atoms with E-state index in [9.17, 15) is 28.4 Å².